The number of benzene rings is 2. The van der Waals surface area contributed by atoms with Crippen LogP contribution in [0.5, 0.6) is 11.5 Å². The van der Waals surface area contributed by atoms with Gasteiger partial charge in [-0.15, -0.1) is 0 Å². The van der Waals surface area contributed by atoms with E-state index in [4.69, 9.17) is 9.47 Å². The number of carbonyl (C=O) groups is 1. The molecule has 0 atom stereocenters. The maximum Gasteiger partial charge on any atom is 0.267 e. The van der Waals surface area contributed by atoms with Crippen LogP contribution in [0, 0.1) is 18.3 Å². The average Bonchev–Trinajstić information content (AvgIpc) is 2.77. The minimum atomic E-state index is -0.418. The van der Waals surface area contributed by atoms with Crippen molar-refractivity contribution in [3.63, 3.8) is 0 Å². The monoisotopic (exact) mass is 421 g/mol. The maximum atomic E-state index is 12.6. The number of nitrogens with one attached hydrogen (secondary N) is 2. The lowest BCUT2D eigenvalue weighted by molar-refractivity contribution is -0.112. The molecule has 6 nitrogen and oxygen atoms in total. The van der Waals surface area contributed by atoms with Crippen LogP contribution in [0.15, 0.2) is 48.2 Å². The number of hydrogen-bond donors (Lipinski definition) is 2. The Hall–Kier alpha value is -3.46. The molecule has 0 aromatic heterocycles. The molecule has 0 bridgehead atoms. The molecule has 0 aliphatic heterocycles. The van der Waals surface area contributed by atoms with Crippen molar-refractivity contribution in [3.05, 3.63) is 64.9 Å². The lowest BCUT2D eigenvalue weighted by Gasteiger charge is -2.13. The summed E-state index contributed by atoms with van der Waals surface area (Å²) in [5.74, 6) is 1.03. The molecule has 6 heteroatoms. The first-order valence-corrected chi connectivity index (χ1v) is 10.7. The van der Waals surface area contributed by atoms with Gasteiger partial charge in [-0.05, 0) is 62.4 Å². The minimum absolute atomic E-state index is 0.0343. The molecule has 0 saturated heterocycles. The van der Waals surface area contributed by atoms with Crippen molar-refractivity contribution < 1.29 is 14.3 Å². The first-order chi connectivity index (χ1) is 15.0. The van der Waals surface area contributed by atoms with Gasteiger partial charge in [0.2, 0.25) is 0 Å². The van der Waals surface area contributed by atoms with Crippen molar-refractivity contribution in [2.24, 2.45) is 0 Å². The number of rotatable bonds is 11. The Balaban J connectivity index is 1.99. The highest BCUT2D eigenvalue weighted by molar-refractivity contribution is 6.07. The molecule has 1 amide bonds. The molecule has 0 aliphatic carbocycles. The second-order valence-electron chi connectivity index (χ2n) is 6.94. The first-order valence-electron chi connectivity index (χ1n) is 10.7. The van der Waals surface area contributed by atoms with Gasteiger partial charge in [0.05, 0.1) is 13.2 Å². The molecule has 2 N–H and O–H groups in total. The largest absolute Gasteiger partial charge is 0.490 e. The number of nitriles is 1. The van der Waals surface area contributed by atoms with E-state index < -0.39 is 5.91 Å². The molecule has 2 rings (SSSR count). The van der Waals surface area contributed by atoms with Crippen molar-refractivity contribution in [1.29, 1.82) is 5.26 Å². The highest BCUT2D eigenvalue weighted by atomic mass is 16.5. The lowest BCUT2D eigenvalue weighted by Crippen LogP contribution is -2.19. The molecular formula is C25H31N3O3. The van der Waals surface area contributed by atoms with Crippen molar-refractivity contribution in [3.8, 4) is 17.6 Å². The van der Waals surface area contributed by atoms with Gasteiger partial charge in [-0.3, -0.25) is 4.79 Å². The fourth-order valence-electron chi connectivity index (χ4n) is 3.17. The van der Waals surface area contributed by atoms with Gasteiger partial charge >= 0.3 is 0 Å². The van der Waals surface area contributed by atoms with Gasteiger partial charge < -0.3 is 20.1 Å². The number of para-hydroxylation sites is 1. The van der Waals surface area contributed by atoms with E-state index in [1.165, 1.54) is 6.20 Å². The Morgan fingerprint density at radius 3 is 2.52 bits per heavy atom. The molecule has 0 fully saturated rings. The fraction of sp³-hybridized carbons (Fsp3) is 0.360. The molecule has 0 saturated carbocycles. The predicted octanol–water partition coefficient (Wildman–Crippen LogP) is 4.53. The van der Waals surface area contributed by atoms with Gasteiger partial charge in [-0.2, -0.15) is 5.26 Å². The van der Waals surface area contributed by atoms with Gasteiger partial charge in [0.1, 0.15) is 11.6 Å². The summed E-state index contributed by atoms with van der Waals surface area (Å²) in [6, 6.07) is 13.7. The molecule has 0 aliphatic rings. The molecule has 0 spiro atoms. The maximum absolute atomic E-state index is 12.6. The van der Waals surface area contributed by atoms with E-state index in [1.54, 1.807) is 0 Å². The Morgan fingerprint density at radius 2 is 1.84 bits per heavy atom. The van der Waals surface area contributed by atoms with Crippen LogP contribution < -0.4 is 20.1 Å². The number of amides is 1. The van der Waals surface area contributed by atoms with Crippen LogP contribution in [0.4, 0.5) is 5.69 Å². The van der Waals surface area contributed by atoms with E-state index in [2.05, 4.69) is 10.6 Å². The summed E-state index contributed by atoms with van der Waals surface area (Å²) in [7, 11) is 0. The second-order valence-corrected chi connectivity index (χ2v) is 6.94. The SMILES string of the molecule is CCOc1ccc(CCN/C=C(/C#N)C(=O)Nc2c(C)cccc2CC)cc1OCC. The number of aryl methyl sites for hydroxylation is 2. The topological polar surface area (TPSA) is 83.4 Å². The number of ether oxygens (including phenoxy) is 2. The average molecular weight is 422 g/mol. The van der Waals surface area contributed by atoms with E-state index in [0.717, 1.165) is 40.3 Å². The van der Waals surface area contributed by atoms with E-state index >= 15 is 0 Å². The summed E-state index contributed by atoms with van der Waals surface area (Å²) in [4.78, 5) is 12.6. The fourth-order valence-corrected chi connectivity index (χ4v) is 3.17. The minimum Gasteiger partial charge on any atom is -0.490 e. The normalized spacial score (nSPS) is 10.9. The predicted molar refractivity (Wildman–Crippen MR) is 123 cm³/mol. The van der Waals surface area contributed by atoms with E-state index in [0.29, 0.717) is 26.2 Å². The molecule has 0 radical (unpaired) electrons. The molecule has 2 aromatic rings. The quantitative estimate of drug-likeness (QED) is 0.316. The Bertz CT molecular complexity index is 961. The summed E-state index contributed by atoms with van der Waals surface area (Å²) in [6.07, 6.45) is 2.98. The van der Waals surface area contributed by atoms with Crippen LogP contribution in [0.1, 0.15) is 37.5 Å². The zero-order chi connectivity index (χ0) is 22.6. The lowest BCUT2D eigenvalue weighted by atomic mass is 10.1. The van der Waals surface area contributed by atoms with E-state index in [1.807, 2.05) is 70.2 Å². The smallest absolute Gasteiger partial charge is 0.267 e. The van der Waals surface area contributed by atoms with Crippen molar-refractivity contribution in [2.75, 3.05) is 25.1 Å². The van der Waals surface area contributed by atoms with Gasteiger partial charge in [-0.1, -0.05) is 31.2 Å². The van der Waals surface area contributed by atoms with Crippen LogP contribution in [-0.4, -0.2) is 25.7 Å². The third-order valence-corrected chi connectivity index (χ3v) is 4.76. The third kappa shape index (κ3) is 6.78. The van der Waals surface area contributed by atoms with Gasteiger partial charge in [-0.25, -0.2) is 0 Å². The zero-order valence-electron chi connectivity index (χ0n) is 18.7. The van der Waals surface area contributed by atoms with Crippen LogP contribution in [0.25, 0.3) is 0 Å². The third-order valence-electron chi connectivity index (χ3n) is 4.76. The van der Waals surface area contributed by atoms with Gasteiger partial charge in [0.25, 0.3) is 5.91 Å². The molecular weight excluding hydrogens is 390 g/mol. The van der Waals surface area contributed by atoms with Crippen LogP contribution in [0.3, 0.4) is 0 Å². The summed E-state index contributed by atoms with van der Waals surface area (Å²) < 4.78 is 11.2. The summed E-state index contributed by atoms with van der Waals surface area (Å²) >= 11 is 0. The summed E-state index contributed by atoms with van der Waals surface area (Å²) in [5.41, 5.74) is 3.89. The highest BCUT2D eigenvalue weighted by Gasteiger charge is 2.13. The van der Waals surface area contributed by atoms with Gasteiger partial charge in [0.15, 0.2) is 11.5 Å². The molecule has 0 unspecified atom stereocenters. The van der Waals surface area contributed by atoms with Gasteiger partial charge in [0, 0.05) is 18.4 Å². The Morgan fingerprint density at radius 1 is 1.10 bits per heavy atom. The van der Waals surface area contributed by atoms with Crippen molar-refractivity contribution in [1.82, 2.24) is 5.32 Å². The van der Waals surface area contributed by atoms with Crippen molar-refractivity contribution >= 4 is 11.6 Å². The summed E-state index contributed by atoms with van der Waals surface area (Å²) in [5, 5.41) is 15.4. The van der Waals surface area contributed by atoms with Crippen molar-refractivity contribution in [2.45, 2.75) is 40.5 Å². The van der Waals surface area contributed by atoms with E-state index in [9.17, 15) is 10.1 Å². The zero-order valence-corrected chi connectivity index (χ0v) is 18.7. The number of hydrogen-bond acceptors (Lipinski definition) is 5. The Labute approximate surface area is 184 Å². The molecule has 31 heavy (non-hydrogen) atoms. The summed E-state index contributed by atoms with van der Waals surface area (Å²) in [6.45, 7) is 9.55. The molecule has 2 aromatic carbocycles. The van der Waals surface area contributed by atoms with Crippen LogP contribution >= 0.6 is 0 Å². The molecule has 0 heterocycles. The Kier molecular flexibility index (Phi) is 9.44. The number of nitrogens with zero attached hydrogens (tertiary/aromatic N) is 1. The first kappa shape index (κ1) is 23.8. The highest BCUT2D eigenvalue weighted by Crippen LogP contribution is 2.28. The number of carbonyl (C=O) groups excluding carboxylic acids is 1. The van der Waals surface area contributed by atoms with E-state index in [-0.39, 0.29) is 5.57 Å². The second kappa shape index (κ2) is 12.3. The number of anilines is 1. The van der Waals surface area contributed by atoms with Crippen LogP contribution in [-0.2, 0) is 17.6 Å². The van der Waals surface area contributed by atoms with Crippen LogP contribution in [0.2, 0.25) is 0 Å². The molecule has 164 valence electrons. The standard InChI is InChI=1S/C25H31N3O3/c1-5-20-10-8-9-18(4)24(20)28-25(29)21(16-26)17-27-14-13-19-11-12-22(30-6-2)23(15-19)31-7-3/h8-12,15,17,27H,5-7,13-14H2,1-4H3,(H,28,29)/b21-17-.